The van der Waals surface area contributed by atoms with E-state index in [0.717, 1.165) is 22.2 Å². The molecule has 1 fully saturated rings. The summed E-state index contributed by atoms with van der Waals surface area (Å²) in [5.74, 6) is 1.69. The highest BCUT2D eigenvalue weighted by Gasteiger charge is 2.51. The van der Waals surface area contributed by atoms with Crippen LogP contribution < -0.4 is 5.46 Å². The van der Waals surface area contributed by atoms with Crippen molar-refractivity contribution in [2.75, 3.05) is 0 Å². The largest absolute Gasteiger partial charge is 0.494 e. The molecule has 0 radical (unpaired) electrons. The van der Waals surface area contributed by atoms with Crippen molar-refractivity contribution in [3.63, 3.8) is 0 Å². The lowest BCUT2D eigenvalue weighted by molar-refractivity contribution is 0.00578. The summed E-state index contributed by atoms with van der Waals surface area (Å²) in [7, 11) is -0.464. The van der Waals surface area contributed by atoms with E-state index >= 15 is 0 Å². The summed E-state index contributed by atoms with van der Waals surface area (Å²) >= 11 is 0. The Labute approximate surface area is 196 Å². The van der Waals surface area contributed by atoms with Crippen LogP contribution in [0.25, 0.3) is 28.3 Å². The van der Waals surface area contributed by atoms with Crippen molar-refractivity contribution in [1.29, 1.82) is 0 Å². The van der Waals surface area contributed by atoms with E-state index in [2.05, 4.69) is 13.2 Å². The van der Waals surface area contributed by atoms with Crippen LogP contribution in [0.15, 0.2) is 86.0 Å². The smallest absolute Gasteiger partial charge is 0.399 e. The van der Waals surface area contributed by atoms with Crippen LogP contribution in [0.2, 0.25) is 0 Å². The van der Waals surface area contributed by atoms with E-state index < -0.39 is 18.3 Å². The zero-order chi connectivity index (χ0) is 23.6. The Hall–Kier alpha value is -3.35. The Morgan fingerprint density at radius 2 is 1.42 bits per heavy atom. The van der Waals surface area contributed by atoms with Gasteiger partial charge in [0.05, 0.1) is 11.2 Å². The van der Waals surface area contributed by atoms with Gasteiger partial charge in [0.15, 0.2) is 17.5 Å². The van der Waals surface area contributed by atoms with Crippen LogP contribution in [0.5, 0.6) is 0 Å². The lowest BCUT2D eigenvalue weighted by Crippen LogP contribution is -2.41. The second-order valence-electron chi connectivity index (χ2n) is 8.95. The van der Waals surface area contributed by atoms with E-state index in [9.17, 15) is 0 Å². The molecule has 3 aromatic rings. The van der Waals surface area contributed by atoms with E-state index in [-0.39, 0.29) is 0 Å². The average molecular weight is 437 g/mol. The molecule has 5 nitrogen and oxygen atoms in total. The Balaban J connectivity index is 1.81. The monoisotopic (exact) mass is 437 g/mol. The number of hydrogen-bond donors (Lipinski definition) is 0. The summed E-state index contributed by atoms with van der Waals surface area (Å²) in [6.07, 6.45) is 5.25. The van der Waals surface area contributed by atoms with Crippen molar-refractivity contribution in [1.82, 2.24) is 15.0 Å². The molecule has 0 N–H and O–H groups in total. The van der Waals surface area contributed by atoms with Gasteiger partial charge in [0.2, 0.25) is 0 Å². The van der Waals surface area contributed by atoms with Crippen molar-refractivity contribution in [2.24, 2.45) is 0 Å². The van der Waals surface area contributed by atoms with Crippen LogP contribution in [-0.2, 0) is 9.31 Å². The van der Waals surface area contributed by atoms with Crippen LogP contribution in [-0.4, -0.2) is 33.3 Å². The average Bonchev–Trinajstić information content (AvgIpc) is 3.04. The highest BCUT2D eigenvalue weighted by atomic mass is 16.7. The predicted molar refractivity (Wildman–Crippen MR) is 135 cm³/mol. The third-order valence-corrected chi connectivity index (χ3v) is 6.11. The molecule has 0 unspecified atom stereocenters. The Morgan fingerprint density at radius 3 is 2.03 bits per heavy atom. The standard InChI is InChI=1S/C27H28BN3O2/c1-7-13-19(8-2)23-29-24(20-14-10-9-11-15-20)31-25(30-23)21-16-12-17-22(18-21)28-32-26(3,4)27(5,6)33-28/h7-18H,1-2H2,3-6H3/b19-13+. The number of nitrogens with zero attached hydrogens (tertiary/aromatic N) is 3. The first-order chi connectivity index (χ1) is 15.7. The first-order valence-corrected chi connectivity index (χ1v) is 11.0. The van der Waals surface area contributed by atoms with Gasteiger partial charge >= 0.3 is 7.12 Å². The second-order valence-corrected chi connectivity index (χ2v) is 8.95. The van der Waals surface area contributed by atoms with Crippen molar-refractivity contribution in [3.05, 3.63) is 91.8 Å². The van der Waals surface area contributed by atoms with Crippen molar-refractivity contribution < 1.29 is 9.31 Å². The first-order valence-electron chi connectivity index (χ1n) is 11.0. The van der Waals surface area contributed by atoms with Crippen LogP contribution in [0.4, 0.5) is 0 Å². The van der Waals surface area contributed by atoms with E-state index in [1.807, 2.05) is 88.4 Å². The molecule has 6 heteroatoms. The predicted octanol–water partition coefficient (Wildman–Crippen LogP) is 5.26. The zero-order valence-corrected chi connectivity index (χ0v) is 19.6. The number of allylic oxidation sites excluding steroid dienone is 4. The Bertz CT molecular complexity index is 1200. The van der Waals surface area contributed by atoms with Crippen LogP contribution in [0.3, 0.4) is 0 Å². The molecule has 166 valence electrons. The maximum absolute atomic E-state index is 6.24. The summed E-state index contributed by atoms with van der Waals surface area (Å²) < 4.78 is 12.5. The molecule has 33 heavy (non-hydrogen) atoms. The minimum Gasteiger partial charge on any atom is -0.399 e. The third kappa shape index (κ3) is 4.58. The first kappa shape index (κ1) is 22.8. The highest BCUT2D eigenvalue weighted by molar-refractivity contribution is 6.62. The van der Waals surface area contributed by atoms with Crippen LogP contribution in [0, 0.1) is 0 Å². The van der Waals surface area contributed by atoms with Gasteiger partial charge in [-0.15, -0.1) is 0 Å². The molecule has 1 saturated heterocycles. The van der Waals surface area contributed by atoms with Gasteiger partial charge in [0.25, 0.3) is 0 Å². The zero-order valence-electron chi connectivity index (χ0n) is 19.6. The fraction of sp³-hybridized carbons (Fsp3) is 0.222. The number of benzene rings is 2. The molecule has 4 rings (SSSR count). The SMILES string of the molecule is C=C/C=C(\C=C)c1nc(-c2ccccc2)nc(-c2cccc(B3OC(C)(C)C(C)(C)O3)c2)n1. The van der Waals surface area contributed by atoms with Gasteiger partial charge < -0.3 is 9.31 Å². The molecule has 0 bridgehead atoms. The number of aromatic nitrogens is 3. The molecule has 1 aliphatic heterocycles. The minimum absolute atomic E-state index is 0.414. The van der Waals surface area contributed by atoms with Crippen molar-refractivity contribution in [3.8, 4) is 22.8 Å². The number of hydrogen-bond acceptors (Lipinski definition) is 5. The fourth-order valence-electron chi connectivity index (χ4n) is 3.51. The van der Waals surface area contributed by atoms with E-state index in [0.29, 0.717) is 17.5 Å². The summed E-state index contributed by atoms with van der Waals surface area (Å²) in [5.41, 5.74) is 2.62. The lowest BCUT2D eigenvalue weighted by atomic mass is 9.78. The Morgan fingerprint density at radius 1 is 0.818 bits per heavy atom. The van der Waals surface area contributed by atoms with Gasteiger partial charge in [0, 0.05) is 16.7 Å². The van der Waals surface area contributed by atoms with Gasteiger partial charge in [-0.1, -0.05) is 86.0 Å². The fourth-order valence-corrected chi connectivity index (χ4v) is 3.51. The molecule has 0 atom stereocenters. The van der Waals surface area contributed by atoms with Gasteiger partial charge in [-0.25, -0.2) is 15.0 Å². The second kappa shape index (κ2) is 8.89. The van der Waals surface area contributed by atoms with Crippen LogP contribution in [0.1, 0.15) is 33.5 Å². The van der Waals surface area contributed by atoms with E-state index in [1.165, 1.54) is 0 Å². The van der Waals surface area contributed by atoms with Gasteiger partial charge in [-0.3, -0.25) is 0 Å². The molecule has 0 amide bonds. The third-order valence-electron chi connectivity index (χ3n) is 6.11. The molecule has 0 spiro atoms. The van der Waals surface area contributed by atoms with Crippen LogP contribution >= 0.6 is 0 Å². The summed E-state index contributed by atoms with van der Waals surface area (Å²) in [5, 5.41) is 0. The van der Waals surface area contributed by atoms with Gasteiger partial charge in [-0.05, 0) is 33.2 Å². The minimum atomic E-state index is -0.464. The quantitative estimate of drug-likeness (QED) is 0.389. The van der Waals surface area contributed by atoms with Crippen molar-refractivity contribution in [2.45, 2.75) is 38.9 Å². The molecule has 1 aromatic heterocycles. The molecule has 0 aliphatic carbocycles. The maximum Gasteiger partial charge on any atom is 0.494 e. The lowest BCUT2D eigenvalue weighted by Gasteiger charge is -2.32. The maximum atomic E-state index is 6.24. The van der Waals surface area contributed by atoms with Gasteiger partial charge in [-0.2, -0.15) is 0 Å². The van der Waals surface area contributed by atoms with Crippen molar-refractivity contribution >= 4 is 18.2 Å². The number of rotatable bonds is 6. The normalized spacial score (nSPS) is 17.1. The molecule has 2 aromatic carbocycles. The Kier molecular flexibility index (Phi) is 6.15. The summed E-state index contributed by atoms with van der Waals surface area (Å²) in [4.78, 5) is 14.2. The molecule has 0 saturated carbocycles. The summed E-state index contributed by atoms with van der Waals surface area (Å²) in [6, 6.07) is 17.8. The van der Waals surface area contributed by atoms with E-state index in [4.69, 9.17) is 24.3 Å². The topological polar surface area (TPSA) is 57.1 Å². The van der Waals surface area contributed by atoms with Gasteiger partial charge in [0.1, 0.15) is 0 Å². The highest BCUT2D eigenvalue weighted by Crippen LogP contribution is 2.36. The molecular formula is C27H28BN3O2. The van der Waals surface area contributed by atoms with E-state index in [1.54, 1.807) is 12.2 Å². The molecule has 1 aliphatic rings. The molecule has 2 heterocycles. The summed E-state index contributed by atoms with van der Waals surface area (Å²) in [6.45, 7) is 15.9. The molecular weight excluding hydrogens is 409 g/mol.